The predicted octanol–water partition coefficient (Wildman–Crippen LogP) is 3.49. The third kappa shape index (κ3) is 4.37. The number of hydrogen-bond donors (Lipinski definition) is 0. The van der Waals surface area contributed by atoms with Crippen molar-refractivity contribution >= 4 is 23.9 Å². The summed E-state index contributed by atoms with van der Waals surface area (Å²) in [5.41, 5.74) is -5.18. The van der Waals surface area contributed by atoms with E-state index in [0.29, 0.717) is 12.8 Å². The van der Waals surface area contributed by atoms with Crippen molar-refractivity contribution in [1.29, 1.82) is 0 Å². The van der Waals surface area contributed by atoms with Crippen LogP contribution in [-0.2, 0) is 38.1 Å². The van der Waals surface area contributed by atoms with Crippen molar-refractivity contribution in [2.45, 2.75) is 90.7 Å². The lowest BCUT2D eigenvalue weighted by molar-refractivity contribution is -0.261. The summed E-state index contributed by atoms with van der Waals surface area (Å²) in [6, 6.07) is 0. The lowest BCUT2D eigenvalue weighted by Gasteiger charge is -2.34. The molecule has 0 aromatic rings. The summed E-state index contributed by atoms with van der Waals surface area (Å²) < 4.78 is 60.3. The molecule has 192 valence electrons. The maximum atomic E-state index is 13.2. The SMILES string of the molecule is CCC(C)(C)C(=O)OCCCC(=O)OC1C2CC3C1OC(=O)C3(C(=O)OC(C)(C)C(F)(F)F)C2. The van der Waals surface area contributed by atoms with Crippen LogP contribution < -0.4 is 0 Å². The molecule has 0 N–H and O–H groups in total. The molecular weight excluding hydrogens is 461 g/mol. The lowest BCUT2D eigenvalue weighted by Crippen LogP contribution is -2.51. The van der Waals surface area contributed by atoms with E-state index >= 15 is 0 Å². The van der Waals surface area contributed by atoms with Gasteiger partial charge in [-0.05, 0) is 53.4 Å². The third-order valence-corrected chi connectivity index (χ3v) is 7.42. The highest BCUT2D eigenvalue weighted by Crippen LogP contribution is 2.63. The zero-order valence-electron chi connectivity index (χ0n) is 20.0. The molecule has 1 heterocycles. The van der Waals surface area contributed by atoms with E-state index in [4.69, 9.17) is 18.9 Å². The molecule has 5 atom stereocenters. The molecule has 2 aliphatic carbocycles. The van der Waals surface area contributed by atoms with E-state index in [9.17, 15) is 32.3 Å². The second kappa shape index (κ2) is 8.71. The van der Waals surface area contributed by atoms with Crippen LogP contribution in [0.4, 0.5) is 13.2 Å². The minimum absolute atomic E-state index is 0.0264. The molecule has 34 heavy (non-hydrogen) atoms. The van der Waals surface area contributed by atoms with E-state index < -0.39 is 64.6 Å². The quantitative estimate of drug-likeness (QED) is 0.209. The van der Waals surface area contributed by atoms with Crippen molar-refractivity contribution in [2.75, 3.05) is 6.61 Å². The number of ether oxygens (including phenoxy) is 4. The maximum absolute atomic E-state index is 13.2. The molecule has 0 aromatic carbocycles. The Bertz CT molecular complexity index is 865. The molecule has 3 fully saturated rings. The number of carbonyl (C=O) groups excluding carboxylic acids is 4. The number of carbonyl (C=O) groups is 4. The summed E-state index contributed by atoms with van der Waals surface area (Å²) in [6.45, 7) is 6.89. The Morgan fingerprint density at radius 3 is 2.38 bits per heavy atom. The molecule has 0 radical (unpaired) electrons. The number of halogens is 3. The largest absolute Gasteiger partial charge is 0.465 e. The predicted molar refractivity (Wildman–Crippen MR) is 109 cm³/mol. The molecule has 2 bridgehead atoms. The molecule has 0 spiro atoms. The van der Waals surface area contributed by atoms with Gasteiger partial charge in [0.05, 0.1) is 12.0 Å². The van der Waals surface area contributed by atoms with Crippen molar-refractivity contribution in [1.82, 2.24) is 0 Å². The van der Waals surface area contributed by atoms with Gasteiger partial charge in [0.25, 0.3) is 0 Å². The van der Waals surface area contributed by atoms with Gasteiger partial charge in [-0.1, -0.05) is 6.92 Å². The van der Waals surface area contributed by atoms with Gasteiger partial charge in [-0.2, -0.15) is 13.2 Å². The highest BCUT2D eigenvalue weighted by molar-refractivity contribution is 6.03. The molecule has 2 saturated carbocycles. The zero-order valence-corrected chi connectivity index (χ0v) is 20.0. The topological polar surface area (TPSA) is 105 Å². The van der Waals surface area contributed by atoms with E-state index in [-0.39, 0.29) is 31.8 Å². The minimum atomic E-state index is -4.81. The Kier molecular flexibility index (Phi) is 6.73. The standard InChI is InChI=1S/C23H31F3O8/c1-6-20(2,3)17(28)31-9-7-8-14(27)32-15-12-10-13-16(15)33-18(29)22(13,11-12)19(30)34-21(4,5)23(24,25)26/h12-13,15-16H,6-11H2,1-5H3. The summed E-state index contributed by atoms with van der Waals surface area (Å²) in [6.07, 6.45) is -5.44. The van der Waals surface area contributed by atoms with Gasteiger partial charge in [0.15, 0.2) is 5.41 Å². The number of hydrogen-bond acceptors (Lipinski definition) is 8. The normalized spacial score (nSPS) is 30.2. The summed E-state index contributed by atoms with van der Waals surface area (Å²) >= 11 is 0. The molecule has 0 amide bonds. The van der Waals surface area contributed by atoms with Crippen molar-refractivity contribution in [3.05, 3.63) is 0 Å². The minimum Gasteiger partial charge on any atom is -0.465 e. The summed E-state index contributed by atoms with van der Waals surface area (Å²) in [5.74, 6) is -4.23. The van der Waals surface area contributed by atoms with Crippen LogP contribution in [0.3, 0.4) is 0 Å². The van der Waals surface area contributed by atoms with Crippen LogP contribution in [0, 0.1) is 22.7 Å². The molecule has 8 nitrogen and oxygen atoms in total. The number of alkyl halides is 3. The van der Waals surface area contributed by atoms with Crippen LogP contribution in [0.15, 0.2) is 0 Å². The fourth-order valence-electron chi connectivity index (χ4n) is 4.74. The zero-order chi connectivity index (χ0) is 25.7. The first-order valence-electron chi connectivity index (χ1n) is 11.4. The van der Waals surface area contributed by atoms with Gasteiger partial charge in [0, 0.05) is 18.3 Å². The van der Waals surface area contributed by atoms with Crippen LogP contribution in [0.2, 0.25) is 0 Å². The third-order valence-electron chi connectivity index (χ3n) is 7.42. The van der Waals surface area contributed by atoms with Crippen molar-refractivity contribution in [2.24, 2.45) is 22.7 Å². The van der Waals surface area contributed by atoms with Crippen molar-refractivity contribution in [3.8, 4) is 0 Å². The number of esters is 4. The van der Waals surface area contributed by atoms with Gasteiger partial charge in [-0.25, -0.2) is 0 Å². The number of fused-ring (bicyclic) bond motifs is 1. The lowest BCUT2D eigenvalue weighted by atomic mass is 9.73. The van der Waals surface area contributed by atoms with Crippen LogP contribution in [0.1, 0.15) is 66.7 Å². The highest BCUT2D eigenvalue weighted by Gasteiger charge is 2.76. The van der Waals surface area contributed by atoms with E-state index in [1.807, 2.05) is 6.92 Å². The molecule has 5 unspecified atom stereocenters. The maximum Gasteiger partial charge on any atom is 0.427 e. The average molecular weight is 492 g/mol. The summed E-state index contributed by atoms with van der Waals surface area (Å²) in [4.78, 5) is 49.7. The van der Waals surface area contributed by atoms with E-state index in [0.717, 1.165) is 13.8 Å². The number of rotatable bonds is 9. The Hall–Kier alpha value is -2.33. The second-order valence-electron chi connectivity index (χ2n) is 10.5. The average Bonchev–Trinajstić information content (AvgIpc) is 3.32. The first-order valence-corrected chi connectivity index (χ1v) is 11.4. The Morgan fingerprint density at radius 1 is 1.15 bits per heavy atom. The first kappa shape index (κ1) is 26.3. The van der Waals surface area contributed by atoms with Gasteiger partial charge in [-0.15, -0.1) is 0 Å². The van der Waals surface area contributed by atoms with Crippen LogP contribution in [-0.4, -0.2) is 54.5 Å². The van der Waals surface area contributed by atoms with E-state index in [1.54, 1.807) is 13.8 Å². The molecule has 1 saturated heterocycles. The van der Waals surface area contributed by atoms with Crippen LogP contribution in [0.25, 0.3) is 0 Å². The summed E-state index contributed by atoms with van der Waals surface area (Å²) in [7, 11) is 0. The Balaban J connectivity index is 1.55. The first-order chi connectivity index (χ1) is 15.6. The smallest absolute Gasteiger partial charge is 0.427 e. The molecule has 3 rings (SSSR count). The fraction of sp³-hybridized carbons (Fsp3) is 0.826. The molecule has 1 aliphatic heterocycles. The van der Waals surface area contributed by atoms with Gasteiger partial charge in [-0.3, -0.25) is 19.2 Å². The molecular formula is C23H31F3O8. The fourth-order valence-corrected chi connectivity index (χ4v) is 4.74. The van der Waals surface area contributed by atoms with Crippen molar-refractivity contribution in [3.63, 3.8) is 0 Å². The Morgan fingerprint density at radius 2 is 1.79 bits per heavy atom. The molecule has 3 aliphatic rings. The van der Waals surface area contributed by atoms with E-state index in [1.165, 1.54) is 0 Å². The Labute approximate surface area is 195 Å². The van der Waals surface area contributed by atoms with Crippen molar-refractivity contribution < 1.29 is 51.3 Å². The van der Waals surface area contributed by atoms with Crippen LogP contribution in [0.5, 0.6) is 0 Å². The van der Waals surface area contributed by atoms with Gasteiger partial charge >= 0.3 is 30.1 Å². The van der Waals surface area contributed by atoms with Crippen LogP contribution >= 0.6 is 0 Å². The summed E-state index contributed by atoms with van der Waals surface area (Å²) in [5, 5.41) is 0. The van der Waals surface area contributed by atoms with Gasteiger partial charge in [0.2, 0.25) is 5.60 Å². The van der Waals surface area contributed by atoms with Gasteiger partial charge < -0.3 is 18.9 Å². The molecule has 11 heteroatoms. The van der Waals surface area contributed by atoms with Gasteiger partial charge in [0.1, 0.15) is 12.2 Å². The second-order valence-corrected chi connectivity index (χ2v) is 10.5. The van der Waals surface area contributed by atoms with E-state index in [2.05, 4.69) is 0 Å². The monoisotopic (exact) mass is 492 g/mol. The highest BCUT2D eigenvalue weighted by atomic mass is 19.4. The molecule has 0 aromatic heterocycles.